The van der Waals surface area contributed by atoms with Crippen LogP contribution >= 0.6 is 0 Å². The van der Waals surface area contributed by atoms with E-state index in [0.29, 0.717) is 24.6 Å². The van der Waals surface area contributed by atoms with Crippen LogP contribution < -0.4 is 14.8 Å². The number of rotatable bonds is 10. The van der Waals surface area contributed by atoms with Gasteiger partial charge in [-0.3, -0.25) is 19.7 Å². The first kappa shape index (κ1) is 24.2. The molecule has 0 bridgehead atoms. The van der Waals surface area contributed by atoms with E-state index < -0.39 is 10.8 Å². The third kappa shape index (κ3) is 6.32. The van der Waals surface area contributed by atoms with E-state index in [1.54, 1.807) is 29.2 Å². The van der Waals surface area contributed by atoms with Crippen molar-refractivity contribution in [3.05, 3.63) is 94.0 Å². The van der Waals surface area contributed by atoms with Gasteiger partial charge >= 0.3 is 0 Å². The van der Waals surface area contributed by atoms with Crippen LogP contribution in [0, 0.1) is 10.1 Å². The number of methoxy groups -OCH3 is 1. The van der Waals surface area contributed by atoms with E-state index in [2.05, 4.69) is 5.32 Å². The molecule has 0 saturated carbocycles. The Labute approximate surface area is 197 Å². The molecule has 3 aromatic carbocycles. The van der Waals surface area contributed by atoms with Gasteiger partial charge in [-0.25, -0.2) is 0 Å². The molecule has 9 heteroatoms. The van der Waals surface area contributed by atoms with Gasteiger partial charge < -0.3 is 19.7 Å². The molecular formula is C25H25N3O6. The van der Waals surface area contributed by atoms with Crippen molar-refractivity contribution in [2.75, 3.05) is 20.2 Å². The number of hydrogen-bond donors (Lipinski definition) is 1. The van der Waals surface area contributed by atoms with E-state index >= 15 is 0 Å². The average Bonchev–Trinajstić information content (AvgIpc) is 2.86. The molecule has 176 valence electrons. The Hall–Kier alpha value is -4.40. The summed E-state index contributed by atoms with van der Waals surface area (Å²) in [5, 5.41) is 13.8. The summed E-state index contributed by atoms with van der Waals surface area (Å²) in [4.78, 5) is 37.8. The van der Waals surface area contributed by atoms with E-state index in [9.17, 15) is 19.7 Å². The van der Waals surface area contributed by atoms with Crippen molar-refractivity contribution in [3.63, 3.8) is 0 Å². The van der Waals surface area contributed by atoms with Crippen molar-refractivity contribution in [2.24, 2.45) is 0 Å². The molecule has 3 rings (SSSR count). The van der Waals surface area contributed by atoms with Crippen LogP contribution in [0.3, 0.4) is 0 Å². The maximum absolute atomic E-state index is 12.9. The molecule has 0 atom stereocenters. The fraction of sp³-hybridized carbons (Fsp3) is 0.200. The molecule has 2 amide bonds. The van der Waals surface area contributed by atoms with Crippen LogP contribution in [-0.2, 0) is 11.3 Å². The number of nitro benzene ring substituents is 1. The predicted molar refractivity (Wildman–Crippen MR) is 126 cm³/mol. The molecule has 0 fully saturated rings. The van der Waals surface area contributed by atoms with Gasteiger partial charge in [-0.05, 0) is 42.8 Å². The topological polar surface area (TPSA) is 111 Å². The van der Waals surface area contributed by atoms with Gasteiger partial charge in [0, 0.05) is 25.2 Å². The number of nitrogens with one attached hydrogen (secondary N) is 1. The van der Waals surface area contributed by atoms with Gasteiger partial charge in [0.25, 0.3) is 11.6 Å². The van der Waals surface area contributed by atoms with Crippen LogP contribution in [0.2, 0.25) is 0 Å². The van der Waals surface area contributed by atoms with Gasteiger partial charge in [0.1, 0.15) is 17.2 Å². The van der Waals surface area contributed by atoms with Gasteiger partial charge in [0.05, 0.1) is 24.1 Å². The van der Waals surface area contributed by atoms with E-state index in [1.165, 1.54) is 19.2 Å². The largest absolute Gasteiger partial charge is 0.497 e. The fourth-order valence-corrected chi connectivity index (χ4v) is 3.21. The lowest BCUT2D eigenvalue weighted by Crippen LogP contribution is -2.39. The lowest BCUT2D eigenvalue weighted by Gasteiger charge is -2.21. The van der Waals surface area contributed by atoms with Crippen molar-refractivity contribution in [1.29, 1.82) is 0 Å². The molecule has 0 saturated heterocycles. The fourth-order valence-electron chi connectivity index (χ4n) is 3.21. The molecule has 3 aromatic rings. The summed E-state index contributed by atoms with van der Waals surface area (Å²) < 4.78 is 10.9. The normalized spacial score (nSPS) is 10.3. The average molecular weight is 463 g/mol. The van der Waals surface area contributed by atoms with Crippen LogP contribution in [0.5, 0.6) is 17.2 Å². The van der Waals surface area contributed by atoms with Crippen LogP contribution in [0.4, 0.5) is 5.69 Å². The van der Waals surface area contributed by atoms with Crippen molar-refractivity contribution < 1.29 is 24.0 Å². The second-order valence-electron chi connectivity index (χ2n) is 7.29. The Morgan fingerprint density at radius 3 is 2.29 bits per heavy atom. The SMILES string of the molecule is CCN(Cc1ccccc1)C(=O)CNC(=O)c1cc([N+](=O)[O-])ccc1Oc1ccc(OC)cc1. The standard InChI is InChI=1S/C25H25N3O6/c1-3-27(17-18-7-5-4-6-8-18)24(29)16-26-25(30)22-15-19(28(31)32)9-14-23(22)34-21-12-10-20(33-2)11-13-21/h4-15H,3,16-17H2,1-2H3,(H,26,30). The number of non-ortho nitro benzene ring substituents is 1. The highest BCUT2D eigenvalue weighted by Gasteiger charge is 2.20. The quantitative estimate of drug-likeness (QED) is 0.357. The summed E-state index contributed by atoms with van der Waals surface area (Å²) in [6.45, 7) is 2.47. The van der Waals surface area contributed by atoms with Crippen molar-refractivity contribution in [1.82, 2.24) is 10.2 Å². The number of nitrogens with zero attached hydrogens (tertiary/aromatic N) is 2. The van der Waals surface area contributed by atoms with Crippen molar-refractivity contribution in [3.8, 4) is 17.2 Å². The smallest absolute Gasteiger partial charge is 0.270 e. The van der Waals surface area contributed by atoms with Crippen LogP contribution in [0.15, 0.2) is 72.8 Å². The lowest BCUT2D eigenvalue weighted by atomic mass is 10.1. The molecule has 0 radical (unpaired) electrons. The van der Waals surface area contributed by atoms with E-state index in [0.717, 1.165) is 11.6 Å². The highest BCUT2D eigenvalue weighted by molar-refractivity contribution is 5.99. The second kappa shape index (κ2) is 11.5. The summed E-state index contributed by atoms with van der Waals surface area (Å²) in [6, 6.07) is 19.9. The first-order valence-electron chi connectivity index (χ1n) is 10.6. The van der Waals surface area contributed by atoms with Gasteiger partial charge in [-0.1, -0.05) is 30.3 Å². The molecule has 0 aromatic heterocycles. The Morgan fingerprint density at radius 2 is 1.68 bits per heavy atom. The predicted octanol–water partition coefficient (Wildman–Crippen LogP) is 4.17. The molecule has 0 aliphatic carbocycles. The molecule has 0 spiro atoms. The zero-order chi connectivity index (χ0) is 24.5. The minimum atomic E-state index is -0.656. The highest BCUT2D eigenvalue weighted by Crippen LogP contribution is 2.29. The van der Waals surface area contributed by atoms with Gasteiger partial charge in [0.15, 0.2) is 0 Å². The minimum Gasteiger partial charge on any atom is -0.497 e. The van der Waals surface area contributed by atoms with E-state index in [4.69, 9.17) is 9.47 Å². The van der Waals surface area contributed by atoms with Gasteiger partial charge in [-0.15, -0.1) is 0 Å². The Kier molecular flexibility index (Phi) is 8.17. The third-order valence-electron chi connectivity index (χ3n) is 5.06. The number of ether oxygens (including phenoxy) is 2. The maximum Gasteiger partial charge on any atom is 0.270 e. The number of carbonyl (C=O) groups is 2. The molecule has 0 unspecified atom stereocenters. The number of nitro groups is 1. The maximum atomic E-state index is 12.9. The number of hydrogen-bond acceptors (Lipinski definition) is 6. The molecule has 0 aliphatic heterocycles. The van der Waals surface area contributed by atoms with Gasteiger partial charge in [-0.2, -0.15) is 0 Å². The third-order valence-corrected chi connectivity index (χ3v) is 5.06. The summed E-state index contributed by atoms with van der Waals surface area (Å²) in [7, 11) is 1.54. The summed E-state index contributed by atoms with van der Waals surface area (Å²) in [5.74, 6) is 0.236. The number of benzene rings is 3. The van der Waals surface area contributed by atoms with Crippen LogP contribution in [0.25, 0.3) is 0 Å². The monoisotopic (exact) mass is 463 g/mol. The Morgan fingerprint density at radius 1 is 1.00 bits per heavy atom. The summed E-state index contributed by atoms with van der Waals surface area (Å²) in [5.41, 5.74) is 0.652. The molecule has 9 nitrogen and oxygen atoms in total. The molecule has 0 aliphatic rings. The number of amides is 2. The Balaban J connectivity index is 1.74. The van der Waals surface area contributed by atoms with E-state index in [1.807, 2.05) is 37.3 Å². The first-order chi connectivity index (χ1) is 16.4. The second-order valence-corrected chi connectivity index (χ2v) is 7.29. The molecule has 0 heterocycles. The van der Waals surface area contributed by atoms with Crippen molar-refractivity contribution in [2.45, 2.75) is 13.5 Å². The van der Waals surface area contributed by atoms with Gasteiger partial charge in [0.2, 0.25) is 5.91 Å². The molecule has 1 N–H and O–H groups in total. The van der Waals surface area contributed by atoms with Crippen LogP contribution in [0.1, 0.15) is 22.8 Å². The first-order valence-corrected chi connectivity index (χ1v) is 10.6. The number of likely N-dealkylation sites (N-methyl/N-ethyl adjacent to an activating group) is 1. The Bertz CT molecular complexity index is 1150. The highest BCUT2D eigenvalue weighted by atomic mass is 16.6. The molecular weight excluding hydrogens is 438 g/mol. The van der Waals surface area contributed by atoms with E-state index in [-0.39, 0.29) is 29.5 Å². The zero-order valence-corrected chi connectivity index (χ0v) is 18.9. The summed E-state index contributed by atoms with van der Waals surface area (Å²) in [6.07, 6.45) is 0. The molecule has 34 heavy (non-hydrogen) atoms. The summed E-state index contributed by atoms with van der Waals surface area (Å²) >= 11 is 0. The minimum absolute atomic E-state index is 0.0519. The zero-order valence-electron chi connectivity index (χ0n) is 18.9. The van der Waals surface area contributed by atoms with Crippen LogP contribution in [-0.4, -0.2) is 41.8 Å². The number of carbonyl (C=O) groups excluding carboxylic acids is 2. The van der Waals surface area contributed by atoms with Crippen molar-refractivity contribution >= 4 is 17.5 Å². The lowest BCUT2D eigenvalue weighted by molar-refractivity contribution is -0.384.